The number of aromatic nitrogens is 2. The number of nitrogens with zero attached hydrogens (tertiary/aromatic N) is 3. The lowest BCUT2D eigenvalue weighted by Gasteiger charge is -2.17. The molecule has 2 aromatic rings. The number of fused-ring (bicyclic) bond motifs is 1. The number of amides is 1. The number of rotatable bonds is 3. The Bertz CT molecular complexity index is 676. The number of carbonyl (C=O) groups is 1. The molecule has 3 rings (SSSR count). The van der Waals surface area contributed by atoms with Gasteiger partial charge in [0, 0.05) is 31.5 Å². The highest BCUT2D eigenvalue weighted by Crippen LogP contribution is 2.22. The molecule has 1 aliphatic rings. The average Bonchev–Trinajstić information content (AvgIpc) is 2.94. The minimum atomic E-state index is -0.461. The first-order valence-electron chi connectivity index (χ1n) is 7.03. The lowest BCUT2D eigenvalue weighted by molar-refractivity contribution is 0.0788. The average molecular weight is 288 g/mol. The summed E-state index contributed by atoms with van der Waals surface area (Å²) in [5, 5.41) is 3.13. The van der Waals surface area contributed by atoms with Crippen LogP contribution in [0.15, 0.2) is 24.5 Å². The molecule has 1 amide bonds. The van der Waals surface area contributed by atoms with Crippen LogP contribution in [0.2, 0.25) is 0 Å². The molecule has 0 radical (unpaired) electrons. The Balaban J connectivity index is 1.92. The monoisotopic (exact) mass is 288 g/mol. The first-order valence-corrected chi connectivity index (χ1v) is 7.03. The molecule has 0 bridgehead atoms. The van der Waals surface area contributed by atoms with Gasteiger partial charge in [0.25, 0.3) is 5.91 Å². The van der Waals surface area contributed by atoms with Gasteiger partial charge in [-0.25, -0.2) is 4.39 Å². The fourth-order valence-corrected chi connectivity index (χ4v) is 2.85. The van der Waals surface area contributed by atoms with E-state index < -0.39 is 5.82 Å². The third-order valence-electron chi connectivity index (χ3n) is 3.83. The predicted molar refractivity (Wildman–Crippen MR) is 77.4 cm³/mol. The maximum atomic E-state index is 13.7. The summed E-state index contributed by atoms with van der Waals surface area (Å²) in [6.45, 7) is 2.27. The molecule has 1 aromatic carbocycles. The van der Waals surface area contributed by atoms with E-state index in [2.05, 4.69) is 15.3 Å². The number of carbonyl (C=O) groups excluding carboxylic acids is 1. The van der Waals surface area contributed by atoms with Crippen molar-refractivity contribution in [3.63, 3.8) is 0 Å². The van der Waals surface area contributed by atoms with E-state index in [4.69, 9.17) is 0 Å². The lowest BCUT2D eigenvalue weighted by atomic mass is 10.1. The zero-order valence-corrected chi connectivity index (χ0v) is 11.8. The van der Waals surface area contributed by atoms with E-state index in [1.54, 1.807) is 4.90 Å². The maximum Gasteiger partial charge on any atom is 0.256 e. The van der Waals surface area contributed by atoms with Gasteiger partial charge in [-0.05, 0) is 32.0 Å². The van der Waals surface area contributed by atoms with E-state index >= 15 is 0 Å². The highest BCUT2D eigenvalue weighted by Gasteiger charge is 2.28. The number of halogens is 1. The van der Waals surface area contributed by atoms with Crippen molar-refractivity contribution in [1.29, 1.82) is 0 Å². The summed E-state index contributed by atoms with van der Waals surface area (Å²) < 4.78 is 13.7. The van der Waals surface area contributed by atoms with Crippen molar-refractivity contribution in [1.82, 2.24) is 20.2 Å². The van der Waals surface area contributed by atoms with Gasteiger partial charge in [-0.15, -0.1) is 0 Å². The van der Waals surface area contributed by atoms with Crippen molar-refractivity contribution >= 4 is 16.9 Å². The molecule has 2 heterocycles. The van der Waals surface area contributed by atoms with Crippen molar-refractivity contribution in [3.8, 4) is 0 Å². The van der Waals surface area contributed by atoms with Crippen molar-refractivity contribution < 1.29 is 9.18 Å². The minimum absolute atomic E-state index is 0.168. The first kappa shape index (κ1) is 13.9. The van der Waals surface area contributed by atoms with Crippen molar-refractivity contribution in [2.24, 2.45) is 5.92 Å². The van der Waals surface area contributed by atoms with Crippen LogP contribution in [0.1, 0.15) is 16.8 Å². The number of hydrogen-bond acceptors (Lipinski definition) is 4. The van der Waals surface area contributed by atoms with Gasteiger partial charge >= 0.3 is 0 Å². The zero-order valence-electron chi connectivity index (χ0n) is 11.8. The Morgan fingerprint density at radius 3 is 3.05 bits per heavy atom. The van der Waals surface area contributed by atoms with Crippen molar-refractivity contribution in [2.45, 2.75) is 6.42 Å². The van der Waals surface area contributed by atoms with E-state index in [1.807, 2.05) is 7.05 Å². The van der Waals surface area contributed by atoms with Gasteiger partial charge in [0.1, 0.15) is 11.3 Å². The molecule has 1 N–H and O–H groups in total. The fourth-order valence-electron chi connectivity index (χ4n) is 2.85. The Hall–Kier alpha value is -2.08. The molecule has 1 saturated heterocycles. The van der Waals surface area contributed by atoms with Crippen LogP contribution >= 0.6 is 0 Å². The van der Waals surface area contributed by atoms with Gasteiger partial charge in [-0.3, -0.25) is 14.8 Å². The Morgan fingerprint density at radius 1 is 1.43 bits per heavy atom. The number of nitrogens with one attached hydrogen (secondary N) is 1. The normalized spacial score (nSPS) is 18.4. The van der Waals surface area contributed by atoms with Crippen LogP contribution in [0.5, 0.6) is 0 Å². The number of likely N-dealkylation sites (tertiary alicyclic amines) is 1. The van der Waals surface area contributed by atoms with Crippen LogP contribution in [0, 0.1) is 11.7 Å². The van der Waals surface area contributed by atoms with Crippen LogP contribution in [0.3, 0.4) is 0 Å². The number of benzene rings is 1. The second-order valence-electron chi connectivity index (χ2n) is 5.34. The van der Waals surface area contributed by atoms with Gasteiger partial charge in [0.05, 0.1) is 11.1 Å². The summed E-state index contributed by atoms with van der Waals surface area (Å²) in [4.78, 5) is 22.7. The molecule has 0 aliphatic carbocycles. The summed E-state index contributed by atoms with van der Waals surface area (Å²) in [7, 11) is 1.90. The Labute approximate surface area is 122 Å². The molecule has 110 valence electrons. The van der Waals surface area contributed by atoms with E-state index in [1.165, 1.54) is 24.5 Å². The van der Waals surface area contributed by atoms with Crippen LogP contribution in [-0.4, -0.2) is 47.5 Å². The second kappa shape index (κ2) is 5.73. The third-order valence-corrected chi connectivity index (χ3v) is 3.83. The molecule has 1 fully saturated rings. The number of hydrogen-bond donors (Lipinski definition) is 1. The SMILES string of the molecule is CNCC1CCN(C(=O)c2cc(F)cc3nccnc23)C1. The molecule has 0 saturated carbocycles. The second-order valence-corrected chi connectivity index (χ2v) is 5.34. The minimum Gasteiger partial charge on any atom is -0.338 e. The van der Waals surface area contributed by atoms with Gasteiger partial charge in [0.15, 0.2) is 0 Å². The predicted octanol–water partition coefficient (Wildman–Crippen LogP) is 1.45. The quantitative estimate of drug-likeness (QED) is 0.928. The Kier molecular flexibility index (Phi) is 3.79. The summed E-state index contributed by atoms with van der Waals surface area (Å²) in [5.74, 6) is -0.180. The van der Waals surface area contributed by atoms with Gasteiger partial charge in [-0.1, -0.05) is 0 Å². The van der Waals surface area contributed by atoms with Crippen LogP contribution < -0.4 is 5.32 Å². The summed E-state index contributed by atoms with van der Waals surface area (Å²) in [6.07, 6.45) is 3.98. The molecule has 1 unspecified atom stereocenters. The van der Waals surface area contributed by atoms with Gasteiger partial charge in [-0.2, -0.15) is 0 Å². The third kappa shape index (κ3) is 2.71. The van der Waals surface area contributed by atoms with Crippen LogP contribution in [0.25, 0.3) is 11.0 Å². The van der Waals surface area contributed by atoms with E-state index in [9.17, 15) is 9.18 Å². The Morgan fingerprint density at radius 2 is 2.24 bits per heavy atom. The molecular weight excluding hydrogens is 271 g/mol. The molecule has 1 atom stereocenters. The molecular formula is C15H17FN4O. The molecule has 6 heteroatoms. The zero-order chi connectivity index (χ0) is 14.8. The lowest BCUT2D eigenvalue weighted by Crippen LogP contribution is -2.30. The van der Waals surface area contributed by atoms with Gasteiger partial charge in [0.2, 0.25) is 0 Å². The summed E-state index contributed by atoms with van der Waals surface area (Å²) in [5.41, 5.74) is 1.16. The van der Waals surface area contributed by atoms with Crippen LogP contribution in [0.4, 0.5) is 4.39 Å². The molecule has 21 heavy (non-hydrogen) atoms. The fraction of sp³-hybridized carbons (Fsp3) is 0.400. The maximum absolute atomic E-state index is 13.7. The largest absolute Gasteiger partial charge is 0.338 e. The van der Waals surface area contributed by atoms with E-state index in [-0.39, 0.29) is 5.91 Å². The molecule has 0 spiro atoms. The van der Waals surface area contributed by atoms with Crippen LogP contribution in [-0.2, 0) is 0 Å². The molecule has 1 aliphatic heterocycles. The standard InChI is InChI=1S/C15H17FN4O/c1-17-8-10-2-5-20(9-10)15(21)12-6-11(16)7-13-14(12)19-4-3-18-13/h3-4,6-7,10,17H,2,5,8-9H2,1H3. The topological polar surface area (TPSA) is 58.1 Å². The highest BCUT2D eigenvalue weighted by molar-refractivity contribution is 6.04. The highest BCUT2D eigenvalue weighted by atomic mass is 19.1. The van der Waals surface area contributed by atoms with Crippen molar-refractivity contribution in [2.75, 3.05) is 26.7 Å². The first-order chi connectivity index (χ1) is 10.2. The summed E-state index contributed by atoms with van der Waals surface area (Å²) in [6, 6.07) is 2.55. The summed E-state index contributed by atoms with van der Waals surface area (Å²) >= 11 is 0. The van der Waals surface area contributed by atoms with Crippen molar-refractivity contribution in [3.05, 3.63) is 35.9 Å². The smallest absolute Gasteiger partial charge is 0.256 e. The molecule has 5 nitrogen and oxygen atoms in total. The van der Waals surface area contributed by atoms with E-state index in [0.29, 0.717) is 35.6 Å². The van der Waals surface area contributed by atoms with Gasteiger partial charge < -0.3 is 10.2 Å². The van der Waals surface area contributed by atoms with E-state index in [0.717, 1.165) is 13.0 Å². The molecule has 1 aromatic heterocycles.